The van der Waals surface area contributed by atoms with Crippen LogP contribution in [0.2, 0.25) is 0 Å². The fraction of sp³-hybridized carbons (Fsp3) is 0.500. The van der Waals surface area contributed by atoms with Crippen molar-refractivity contribution < 1.29 is 9.59 Å². The molecule has 6 heteroatoms. The van der Waals surface area contributed by atoms with Crippen LogP contribution in [-0.2, 0) is 11.3 Å². The van der Waals surface area contributed by atoms with Gasteiger partial charge < -0.3 is 15.5 Å². The third-order valence-corrected chi connectivity index (χ3v) is 3.05. The maximum Gasteiger partial charge on any atom is 0.315 e. The molecule has 1 heterocycles. The molecule has 20 heavy (non-hydrogen) atoms. The van der Waals surface area contributed by atoms with Crippen molar-refractivity contribution in [3.05, 3.63) is 29.6 Å². The monoisotopic (exact) mass is 278 g/mol. The predicted octanol–water partition coefficient (Wildman–Crippen LogP) is 1.06. The van der Waals surface area contributed by atoms with E-state index >= 15 is 0 Å². The Kier molecular flexibility index (Phi) is 6.49. The van der Waals surface area contributed by atoms with Crippen LogP contribution in [0.1, 0.15) is 25.1 Å². The number of rotatable bonds is 6. The second kappa shape index (κ2) is 8.14. The van der Waals surface area contributed by atoms with Crippen LogP contribution in [0, 0.1) is 6.92 Å². The number of carbonyl (C=O) groups is 2. The van der Waals surface area contributed by atoms with Crippen LogP contribution in [0.4, 0.5) is 4.79 Å². The SMILES string of the molecule is CCN(CC)C(=O)CNC(=O)NCc1ncccc1C. The van der Waals surface area contributed by atoms with Crippen molar-refractivity contribution in [2.75, 3.05) is 19.6 Å². The van der Waals surface area contributed by atoms with Gasteiger partial charge in [0.25, 0.3) is 0 Å². The average Bonchev–Trinajstić information content (AvgIpc) is 2.45. The summed E-state index contributed by atoms with van der Waals surface area (Å²) >= 11 is 0. The highest BCUT2D eigenvalue weighted by Crippen LogP contribution is 2.01. The van der Waals surface area contributed by atoms with E-state index in [1.165, 1.54) is 0 Å². The van der Waals surface area contributed by atoms with Gasteiger partial charge in [-0.05, 0) is 32.4 Å². The van der Waals surface area contributed by atoms with E-state index < -0.39 is 0 Å². The maximum atomic E-state index is 11.7. The first kappa shape index (κ1) is 15.9. The lowest BCUT2D eigenvalue weighted by molar-refractivity contribution is -0.129. The molecule has 1 aromatic rings. The van der Waals surface area contributed by atoms with Crippen LogP contribution in [0.5, 0.6) is 0 Å². The molecule has 3 amide bonds. The van der Waals surface area contributed by atoms with Gasteiger partial charge in [0.15, 0.2) is 0 Å². The number of likely N-dealkylation sites (N-methyl/N-ethyl adjacent to an activating group) is 1. The summed E-state index contributed by atoms with van der Waals surface area (Å²) in [4.78, 5) is 29.2. The van der Waals surface area contributed by atoms with Crippen molar-refractivity contribution in [2.24, 2.45) is 0 Å². The van der Waals surface area contributed by atoms with E-state index in [0.29, 0.717) is 19.6 Å². The molecule has 0 aliphatic rings. The molecular formula is C14H22N4O2. The number of hydrogen-bond acceptors (Lipinski definition) is 3. The van der Waals surface area contributed by atoms with Gasteiger partial charge >= 0.3 is 6.03 Å². The quantitative estimate of drug-likeness (QED) is 0.817. The third kappa shape index (κ3) is 4.87. The third-order valence-electron chi connectivity index (χ3n) is 3.05. The molecule has 110 valence electrons. The zero-order chi connectivity index (χ0) is 15.0. The number of pyridine rings is 1. The highest BCUT2D eigenvalue weighted by molar-refractivity contribution is 5.83. The minimum atomic E-state index is -0.365. The van der Waals surface area contributed by atoms with Crippen LogP contribution in [0.3, 0.4) is 0 Å². The van der Waals surface area contributed by atoms with Gasteiger partial charge in [-0.2, -0.15) is 0 Å². The largest absolute Gasteiger partial charge is 0.342 e. The van der Waals surface area contributed by atoms with E-state index in [9.17, 15) is 9.59 Å². The van der Waals surface area contributed by atoms with Crippen molar-refractivity contribution in [1.29, 1.82) is 0 Å². The number of nitrogens with one attached hydrogen (secondary N) is 2. The van der Waals surface area contributed by atoms with Crippen molar-refractivity contribution in [3.8, 4) is 0 Å². The topological polar surface area (TPSA) is 74.3 Å². The Labute approximate surface area is 119 Å². The molecule has 0 fully saturated rings. The molecule has 0 aromatic carbocycles. The average molecular weight is 278 g/mol. The van der Waals surface area contributed by atoms with Crippen LogP contribution < -0.4 is 10.6 Å². The van der Waals surface area contributed by atoms with Crippen LogP contribution in [0.15, 0.2) is 18.3 Å². The summed E-state index contributed by atoms with van der Waals surface area (Å²) < 4.78 is 0. The molecule has 0 aliphatic carbocycles. The Balaban J connectivity index is 2.34. The molecule has 1 rings (SSSR count). The highest BCUT2D eigenvalue weighted by atomic mass is 16.2. The molecule has 6 nitrogen and oxygen atoms in total. The van der Waals surface area contributed by atoms with E-state index in [2.05, 4.69) is 15.6 Å². The number of nitrogens with zero attached hydrogens (tertiary/aromatic N) is 2. The summed E-state index contributed by atoms with van der Waals surface area (Å²) in [5.41, 5.74) is 1.84. The lowest BCUT2D eigenvalue weighted by atomic mass is 10.2. The number of amides is 3. The molecule has 0 saturated heterocycles. The second-order valence-electron chi connectivity index (χ2n) is 4.37. The lowest BCUT2D eigenvalue weighted by Crippen LogP contribution is -2.43. The molecule has 0 aliphatic heterocycles. The second-order valence-corrected chi connectivity index (χ2v) is 4.37. The number of hydrogen-bond donors (Lipinski definition) is 2. The Morgan fingerprint density at radius 1 is 1.25 bits per heavy atom. The molecule has 1 aromatic heterocycles. The number of carbonyl (C=O) groups excluding carboxylic acids is 2. The van der Waals surface area contributed by atoms with Gasteiger partial charge in [0, 0.05) is 19.3 Å². The zero-order valence-electron chi connectivity index (χ0n) is 12.3. The number of aromatic nitrogens is 1. The van der Waals surface area contributed by atoms with Crippen LogP contribution in [-0.4, -0.2) is 41.5 Å². The molecule has 0 saturated carbocycles. The van der Waals surface area contributed by atoms with Gasteiger partial charge in [0.2, 0.25) is 5.91 Å². The Morgan fingerprint density at radius 2 is 1.95 bits per heavy atom. The van der Waals surface area contributed by atoms with E-state index in [1.807, 2.05) is 32.9 Å². The fourth-order valence-electron chi connectivity index (χ4n) is 1.77. The summed E-state index contributed by atoms with van der Waals surface area (Å²) in [6.45, 7) is 7.40. The van der Waals surface area contributed by atoms with Gasteiger partial charge in [-0.3, -0.25) is 9.78 Å². The van der Waals surface area contributed by atoms with E-state index in [4.69, 9.17) is 0 Å². The van der Waals surface area contributed by atoms with Gasteiger partial charge in [0.1, 0.15) is 0 Å². The van der Waals surface area contributed by atoms with Gasteiger partial charge in [-0.15, -0.1) is 0 Å². The standard InChI is InChI=1S/C14H22N4O2/c1-4-18(5-2)13(19)10-17-14(20)16-9-12-11(3)7-6-8-15-12/h6-8H,4-5,9-10H2,1-3H3,(H2,16,17,20). The first-order valence-corrected chi connectivity index (χ1v) is 6.78. The van der Waals surface area contributed by atoms with Crippen molar-refractivity contribution >= 4 is 11.9 Å². The molecule has 0 radical (unpaired) electrons. The summed E-state index contributed by atoms with van der Waals surface area (Å²) in [7, 11) is 0. The molecular weight excluding hydrogens is 256 g/mol. The van der Waals surface area contributed by atoms with E-state index in [-0.39, 0.29) is 18.5 Å². The van der Waals surface area contributed by atoms with E-state index in [0.717, 1.165) is 11.3 Å². The molecule has 0 atom stereocenters. The smallest absolute Gasteiger partial charge is 0.315 e. The normalized spacial score (nSPS) is 9.95. The lowest BCUT2D eigenvalue weighted by Gasteiger charge is -2.18. The van der Waals surface area contributed by atoms with Gasteiger partial charge in [-0.1, -0.05) is 6.07 Å². The minimum absolute atomic E-state index is 0.00864. The van der Waals surface area contributed by atoms with Crippen molar-refractivity contribution in [2.45, 2.75) is 27.3 Å². The number of urea groups is 1. The fourth-order valence-corrected chi connectivity index (χ4v) is 1.77. The van der Waals surface area contributed by atoms with Gasteiger partial charge in [-0.25, -0.2) is 4.79 Å². The Bertz CT molecular complexity index is 458. The summed E-state index contributed by atoms with van der Waals surface area (Å²) in [6, 6.07) is 3.42. The highest BCUT2D eigenvalue weighted by Gasteiger charge is 2.10. The van der Waals surface area contributed by atoms with E-state index in [1.54, 1.807) is 11.1 Å². The van der Waals surface area contributed by atoms with Crippen molar-refractivity contribution in [1.82, 2.24) is 20.5 Å². The Morgan fingerprint density at radius 3 is 2.55 bits per heavy atom. The van der Waals surface area contributed by atoms with Crippen molar-refractivity contribution in [3.63, 3.8) is 0 Å². The molecule has 0 bridgehead atoms. The Hall–Kier alpha value is -2.11. The summed E-state index contributed by atoms with van der Waals surface area (Å²) in [5, 5.41) is 5.24. The minimum Gasteiger partial charge on any atom is -0.342 e. The zero-order valence-corrected chi connectivity index (χ0v) is 12.3. The van der Waals surface area contributed by atoms with Crippen LogP contribution in [0.25, 0.3) is 0 Å². The number of aryl methyl sites for hydroxylation is 1. The molecule has 0 unspecified atom stereocenters. The maximum absolute atomic E-state index is 11.7. The molecule has 0 spiro atoms. The van der Waals surface area contributed by atoms with Crippen LogP contribution >= 0.6 is 0 Å². The molecule has 2 N–H and O–H groups in total. The predicted molar refractivity (Wildman–Crippen MR) is 77.1 cm³/mol. The first-order valence-electron chi connectivity index (χ1n) is 6.78. The van der Waals surface area contributed by atoms with Gasteiger partial charge in [0.05, 0.1) is 18.8 Å². The first-order chi connectivity index (χ1) is 9.58. The summed E-state index contributed by atoms with van der Waals surface area (Å²) in [5.74, 6) is -0.0841. The summed E-state index contributed by atoms with van der Waals surface area (Å²) in [6.07, 6.45) is 1.69.